The fourth-order valence-electron chi connectivity index (χ4n) is 4.49. The van der Waals surface area contributed by atoms with Crippen LogP contribution in [0.5, 0.6) is 5.75 Å². The minimum absolute atomic E-state index is 0.288. The summed E-state index contributed by atoms with van der Waals surface area (Å²) in [5.41, 5.74) is 3.21. The van der Waals surface area contributed by atoms with Crippen LogP contribution < -0.4 is 4.74 Å². The van der Waals surface area contributed by atoms with E-state index in [4.69, 9.17) is 4.74 Å². The summed E-state index contributed by atoms with van der Waals surface area (Å²) >= 11 is 0. The summed E-state index contributed by atoms with van der Waals surface area (Å²) in [5.74, 6) is 1.93. The Kier molecular flexibility index (Phi) is 8.34. The molecule has 0 N–H and O–H groups in total. The van der Waals surface area contributed by atoms with Crippen LogP contribution in [0.1, 0.15) is 99.0 Å². The maximum atomic E-state index is 12.3. The van der Waals surface area contributed by atoms with E-state index in [9.17, 15) is 4.79 Å². The summed E-state index contributed by atoms with van der Waals surface area (Å²) in [6, 6.07) is 15.9. The SMILES string of the molecule is CCCCCCC1CCC(c2ccc(OC(=O)c3ccc(CC)cc3)cc2)CC1. The molecule has 2 aromatic rings. The largest absolute Gasteiger partial charge is 0.423 e. The molecule has 2 nitrogen and oxygen atoms in total. The summed E-state index contributed by atoms with van der Waals surface area (Å²) in [4.78, 5) is 12.3. The molecule has 0 saturated heterocycles. The number of unbranched alkanes of at least 4 members (excludes halogenated alkanes) is 3. The van der Waals surface area contributed by atoms with Crippen molar-refractivity contribution in [2.75, 3.05) is 0 Å². The van der Waals surface area contributed by atoms with E-state index in [1.807, 2.05) is 36.4 Å². The maximum absolute atomic E-state index is 12.3. The summed E-state index contributed by atoms with van der Waals surface area (Å²) in [6.07, 6.45) is 13.2. The van der Waals surface area contributed by atoms with E-state index in [1.54, 1.807) is 0 Å². The Labute approximate surface area is 176 Å². The van der Waals surface area contributed by atoms with Gasteiger partial charge in [0.05, 0.1) is 5.56 Å². The summed E-state index contributed by atoms with van der Waals surface area (Å²) < 4.78 is 5.56. The van der Waals surface area contributed by atoms with Crippen LogP contribution in [-0.4, -0.2) is 5.97 Å². The van der Waals surface area contributed by atoms with Crippen molar-refractivity contribution in [3.8, 4) is 5.75 Å². The average molecular weight is 393 g/mol. The molecule has 0 atom stereocenters. The molecule has 3 rings (SSSR count). The Balaban J connectivity index is 1.47. The van der Waals surface area contributed by atoms with Crippen molar-refractivity contribution in [1.29, 1.82) is 0 Å². The van der Waals surface area contributed by atoms with Gasteiger partial charge in [-0.1, -0.05) is 70.2 Å². The Morgan fingerprint density at radius 1 is 0.862 bits per heavy atom. The first-order valence-electron chi connectivity index (χ1n) is 11.6. The summed E-state index contributed by atoms with van der Waals surface area (Å²) in [5, 5.41) is 0. The molecule has 29 heavy (non-hydrogen) atoms. The van der Waals surface area contributed by atoms with Gasteiger partial charge in [0.1, 0.15) is 5.75 Å². The predicted octanol–water partition coefficient (Wildman–Crippen LogP) is 7.71. The van der Waals surface area contributed by atoms with Gasteiger partial charge in [-0.2, -0.15) is 0 Å². The maximum Gasteiger partial charge on any atom is 0.343 e. The van der Waals surface area contributed by atoms with E-state index in [0.717, 1.165) is 12.3 Å². The molecule has 0 amide bonds. The number of esters is 1. The van der Waals surface area contributed by atoms with Crippen LogP contribution in [0.15, 0.2) is 48.5 Å². The van der Waals surface area contributed by atoms with Gasteiger partial charge in [0, 0.05) is 0 Å². The average Bonchev–Trinajstić information content (AvgIpc) is 2.78. The third-order valence-corrected chi connectivity index (χ3v) is 6.47. The Morgan fingerprint density at radius 3 is 2.17 bits per heavy atom. The zero-order valence-corrected chi connectivity index (χ0v) is 18.2. The Hall–Kier alpha value is -2.09. The molecule has 0 heterocycles. The second-order valence-electron chi connectivity index (χ2n) is 8.58. The van der Waals surface area contributed by atoms with Gasteiger partial charge in [-0.05, 0) is 79.3 Å². The van der Waals surface area contributed by atoms with E-state index in [-0.39, 0.29) is 5.97 Å². The van der Waals surface area contributed by atoms with Crippen molar-refractivity contribution < 1.29 is 9.53 Å². The lowest BCUT2D eigenvalue weighted by Gasteiger charge is -2.29. The molecule has 0 unspecified atom stereocenters. The number of hydrogen-bond donors (Lipinski definition) is 0. The molecule has 0 bridgehead atoms. The van der Waals surface area contributed by atoms with Crippen LogP contribution in [0.4, 0.5) is 0 Å². The standard InChI is InChI=1S/C27H36O2/c1-3-5-6-7-8-22-11-13-23(14-12-22)24-17-19-26(20-18-24)29-27(28)25-15-9-21(4-2)10-16-25/h9-10,15-20,22-23H,3-8,11-14H2,1-2H3. The molecule has 0 radical (unpaired) electrons. The van der Waals surface area contributed by atoms with Crippen LogP contribution in [0.3, 0.4) is 0 Å². The van der Waals surface area contributed by atoms with Crippen LogP contribution in [0.2, 0.25) is 0 Å². The molecule has 2 aromatic carbocycles. The zero-order chi connectivity index (χ0) is 20.5. The van der Waals surface area contributed by atoms with Crippen molar-refractivity contribution in [3.63, 3.8) is 0 Å². The minimum Gasteiger partial charge on any atom is -0.423 e. The molecule has 156 valence electrons. The van der Waals surface area contributed by atoms with Gasteiger partial charge in [-0.25, -0.2) is 4.79 Å². The first-order valence-corrected chi connectivity index (χ1v) is 11.6. The number of hydrogen-bond acceptors (Lipinski definition) is 2. The lowest BCUT2D eigenvalue weighted by atomic mass is 9.77. The molecule has 1 saturated carbocycles. The van der Waals surface area contributed by atoms with Gasteiger partial charge in [0.15, 0.2) is 0 Å². The van der Waals surface area contributed by atoms with Crippen molar-refractivity contribution in [2.45, 2.75) is 84.0 Å². The minimum atomic E-state index is -0.288. The van der Waals surface area contributed by atoms with Gasteiger partial charge in [0.25, 0.3) is 0 Å². The van der Waals surface area contributed by atoms with E-state index in [1.165, 1.54) is 68.9 Å². The van der Waals surface area contributed by atoms with Gasteiger partial charge >= 0.3 is 5.97 Å². The van der Waals surface area contributed by atoms with Gasteiger partial charge in [-0.3, -0.25) is 0 Å². The van der Waals surface area contributed by atoms with Gasteiger partial charge in [0.2, 0.25) is 0 Å². The van der Waals surface area contributed by atoms with E-state index < -0.39 is 0 Å². The molecular weight excluding hydrogens is 356 g/mol. The monoisotopic (exact) mass is 392 g/mol. The van der Waals surface area contributed by atoms with Crippen molar-refractivity contribution in [1.82, 2.24) is 0 Å². The first-order chi connectivity index (χ1) is 14.2. The highest BCUT2D eigenvalue weighted by Gasteiger charge is 2.22. The number of carbonyl (C=O) groups excluding carboxylic acids is 1. The molecule has 1 aliphatic carbocycles. The van der Waals surface area contributed by atoms with E-state index in [0.29, 0.717) is 17.2 Å². The molecular formula is C27H36O2. The van der Waals surface area contributed by atoms with Crippen LogP contribution >= 0.6 is 0 Å². The van der Waals surface area contributed by atoms with Crippen LogP contribution in [-0.2, 0) is 6.42 Å². The van der Waals surface area contributed by atoms with Crippen LogP contribution in [0.25, 0.3) is 0 Å². The highest BCUT2D eigenvalue weighted by molar-refractivity contribution is 5.91. The van der Waals surface area contributed by atoms with Gasteiger partial charge in [-0.15, -0.1) is 0 Å². The van der Waals surface area contributed by atoms with E-state index >= 15 is 0 Å². The predicted molar refractivity (Wildman–Crippen MR) is 121 cm³/mol. The smallest absolute Gasteiger partial charge is 0.343 e. The van der Waals surface area contributed by atoms with Gasteiger partial charge < -0.3 is 4.74 Å². The molecule has 1 aliphatic rings. The summed E-state index contributed by atoms with van der Waals surface area (Å²) in [6.45, 7) is 4.38. The normalized spacial score (nSPS) is 19.1. The third kappa shape index (κ3) is 6.45. The van der Waals surface area contributed by atoms with Crippen molar-refractivity contribution in [3.05, 3.63) is 65.2 Å². The molecule has 1 fully saturated rings. The topological polar surface area (TPSA) is 26.3 Å². The van der Waals surface area contributed by atoms with E-state index in [2.05, 4.69) is 26.0 Å². The van der Waals surface area contributed by atoms with Crippen molar-refractivity contribution in [2.24, 2.45) is 5.92 Å². The molecule has 0 aromatic heterocycles. The highest BCUT2D eigenvalue weighted by Crippen LogP contribution is 2.38. The summed E-state index contributed by atoms with van der Waals surface area (Å²) in [7, 11) is 0. The molecule has 0 aliphatic heterocycles. The second-order valence-corrected chi connectivity index (χ2v) is 8.58. The lowest BCUT2D eigenvalue weighted by molar-refractivity contribution is 0.0734. The molecule has 0 spiro atoms. The number of aryl methyl sites for hydroxylation is 1. The number of benzene rings is 2. The molecule has 2 heteroatoms. The number of ether oxygens (including phenoxy) is 1. The number of carbonyl (C=O) groups is 1. The fourth-order valence-corrected chi connectivity index (χ4v) is 4.49. The first kappa shape index (κ1) is 21.6. The van der Waals surface area contributed by atoms with Crippen LogP contribution in [0, 0.1) is 5.92 Å². The van der Waals surface area contributed by atoms with Crippen molar-refractivity contribution >= 4 is 5.97 Å². The highest BCUT2D eigenvalue weighted by atomic mass is 16.5. The number of rotatable bonds is 9. The lowest BCUT2D eigenvalue weighted by Crippen LogP contribution is -2.13. The third-order valence-electron chi connectivity index (χ3n) is 6.47. The zero-order valence-electron chi connectivity index (χ0n) is 18.2. The fraction of sp³-hybridized carbons (Fsp3) is 0.519. The Morgan fingerprint density at radius 2 is 1.55 bits per heavy atom. The Bertz CT molecular complexity index is 737. The second kappa shape index (κ2) is 11.2. The quantitative estimate of drug-likeness (QED) is 0.248.